The number of carbonyl (C=O) groups is 3. The number of nitrogens with zero attached hydrogens (tertiary/aromatic N) is 1. The van der Waals surface area contributed by atoms with Gasteiger partial charge in [-0.05, 0) is 79.5 Å². The Labute approximate surface area is 259 Å². The average molecular weight is 605 g/mol. The highest BCUT2D eigenvalue weighted by molar-refractivity contribution is 6.30. The number of hydrogen-bond donors (Lipinski definition) is 1. The lowest BCUT2D eigenvalue weighted by Crippen LogP contribution is -2.44. The summed E-state index contributed by atoms with van der Waals surface area (Å²) in [6, 6.07) is 12.4. The molecule has 0 radical (unpaired) electrons. The molecule has 0 atom stereocenters. The Hall–Kier alpha value is -3.58. The van der Waals surface area contributed by atoms with Crippen molar-refractivity contribution in [3.8, 4) is 11.5 Å². The number of hydrogen-bond acceptors (Lipinski definition) is 6. The van der Waals surface area contributed by atoms with Gasteiger partial charge in [0.2, 0.25) is 0 Å². The van der Waals surface area contributed by atoms with Crippen molar-refractivity contribution in [1.29, 1.82) is 0 Å². The van der Waals surface area contributed by atoms with Crippen molar-refractivity contribution in [2.45, 2.75) is 73.1 Å². The first-order valence-corrected chi connectivity index (χ1v) is 15.4. The molecule has 2 aromatic carbocycles. The van der Waals surface area contributed by atoms with Crippen LogP contribution in [-0.4, -0.2) is 42.1 Å². The molecule has 0 unspecified atom stereocenters. The quantitative estimate of drug-likeness (QED) is 0.337. The summed E-state index contributed by atoms with van der Waals surface area (Å²) in [5, 5.41) is 3.38. The van der Waals surface area contributed by atoms with E-state index in [0.29, 0.717) is 48.2 Å². The number of nitrogens with one attached hydrogen (secondary N) is 1. The van der Waals surface area contributed by atoms with Gasteiger partial charge in [-0.25, -0.2) is 0 Å². The third-order valence-corrected chi connectivity index (χ3v) is 8.68. The summed E-state index contributed by atoms with van der Waals surface area (Å²) in [5.41, 5.74) is 4.63. The van der Waals surface area contributed by atoms with E-state index in [9.17, 15) is 14.4 Å². The zero-order valence-corrected chi connectivity index (χ0v) is 26.7. The Morgan fingerprint density at radius 2 is 1.44 bits per heavy atom. The van der Waals surface area contributed by atoms with Gasteiger partial charge in [0.25, 0.3) is 5.91 Å². The lowest BCUT2D eigenvalue weighted by molar-refractivity contribution is -0.120. The molecule has 2 aliphatic carbocycles. The van der Waals surface area contributed by atoms with E-state index >= 15 is 0 Å². The molecular formula is C35H41ClN2O5. The van der Waals surface area contributed by atoms with E-state index in [1.54, 1.807) is 30.3 Å². The fourth-order valence-corrected chi connectivity index (χ4v) is 6.85. The van der Waals surface area contributed by atoms with Crippen LogP contribution in [0.2, 0.25) is 5.02 Å². The Morgan fingerprint density at radius 1 is 0.860 bits per heavy atom. The van der Waals surface area contributed by atoms with Crippen LogP contribution >= 0.6 is 11.6 Å². The summed E-state index contributed by atoms with van der Waals surface area (Å²) >= 11 is 5.94. The van der Waals surface area contributed by atoms with E-state index < -0.39 is 5.92 Å². The van der Waals surface area contributed by atoms with Crippen LogP contribution in [0, 0.1) is 10.8 Å². The fraction of sp³-hybridized carbons (Fsp3) is 0.457. The second-order valence-electron chi connectivity index (χ2n) is 13.3. The number of rotatable bonds is 8. The van der Waals surface area contributed by atoms with E-state index in [1.807, 2.05) is 19.1 Å². The van der Waals surface area contributed by atoms with E-state index in [2.05, 4.69) is 44.8 Å². The minimum absolute atomic E-state index is 0.0936. The number of Topliss-reactive ketones (excluding diaryl/α,β-unsaturated/α-hetero) is 2. The van der Waals surface area contributed by atoms with Crippen LogP contribution in [0.3, 0.4) is 0 Å². The Kier molecular flexibility index (Phi) is 8.50. The van der Waals surface area contributed by atoms with Crippen LogP contribution in [0.15, 0.2) is 65.0 Å². The van der Waals surface area contributed by atoms with Crippen LogP contribution in [-0.2, 0) is 14.4 Å². The average Bonchev–Trinajstić information content (AvgIpc) is 2.91. The molecule has 1 heterocycles. The second kappa shape index (κ2) is 11.8. The first-order chi connectivity index (χ1) is 20.3. The molecule has 7 nitrogen and oxygen atoms in total. The highest BCUT2D eigenvalue weighted by atomic mass is 35.5. The van der Waals surface area contributed by atoms with Crippen molar-refractivity contribution in [1.82, 2.24) is 4.90 Å². The maximum Gasteiger partial charge on any atom is 0.262 e. The number of carbonyl (C=O) groups excluding carboxylic acids is 3. The zero-order valence-electron chi connectivity index (χ0n) is 25.9. The molecule has 1 aliphatic heterocycles. The predicted octanol–water partition coefficient (Wildman–Crippen LogP) is 7.46. The molecule has 0 fully saturated rings. The normalized spacial score (nSPS) is 19.7. The first-order valence-electron chi connectivity index (χ1n) is 15.1. The van der Waals surface area contributed by atoms with Gasteiger partial charge >= 0.3 is 0 Å². The Morgan fingerprint density at radius 3 is 1.98 bits per heavy atom. The molecule has 0 aromatic heterocycles. The van der Waals surface area contributed by atoms with Crippen LogP contribution in [0.4, 0.5) is 5.69 Å². The standard InChI is InChI=1S/C35H41ClN2O5/c1-7-38-24-16-34(3,4)18-26(39)32(24)31(33-25(38)17-35(5,6)19-27(33)40)21-9-14-28(29(15-21)42-8-2)43-20-30(41)37-23-12-10-22(36)11-13-23/h9-15,31H,7-8,16-20H2,1-6H3,(H,37,41). The molecule has 0 bridgehead atoms. The fourth-order valence-electron chi connectivity index (χ4n) is 6.73. The van der Waals surface area contributed by atoms with Crippen molar-refractivity contribution >= 4 is 34.8 Å². The van der Waals surface area contributed by atoms with Crippen LogP contribution < -0.4 is 14.8 Å². The number of ether oxygens (including phenoxy) is 2. The van der Waals surface area contributed by atoms with Crippen molar-refractivity contribution in [2.75, 3.05) is 25.1 Å². The van der Waals surface area contributed by atoms with E-state index in [1.165, 1.54) is 0 Å². The number of anilines is 1. The molecule has 43 heavy (non-hydrogen) atoms. The zero-order chi connectivity index (χ0) is 31.1. The SMILES string of the molecule is CCOc1cc(C2C3=C(CC(C)(C)CC3=O)N(CC)C3=C2C(=O)CC(C)(C)C3)ccc1OCC(=O)Nc1ccc(Cl)cc1. The maximum absolute atomic E-state index is 13.9. The molecule has 0 spiro atoms. The number of halogens is 1. The molecular weight excluding hydrogens is 564 g/mol. The summed E-state index contributed by atoms with van der Waals surface area (Å²) in [7, 11) is 0. The monoisotopic (exact) mass is 604 g/mol. The molecule has 3 aliphatic rings. The summed E-state index contributed by atoms with van der Waals surface area (Å²) in [6.45, 7) is 13.4. The van der Waals surface area contributed by atoms with Gasteiger partial charge in [-0.3, -0.25) is 14.4 Å². The number of amides is 1. The lowest BCUT2D eigenvalue weighted by atomic mass is 9.63. The maximum atomic E-state index is 13.9. The molecule has 5 rings (SSSR count). The molecule has 8 heteroatoms. The van der Waals surface area contributed by atoms with Gasteiger partial charge in [0.15, 0.2) is 29.7 Å². The third kappa shape index (κ3) is 6.37. The largest absolute Gasteiger partial charge is 0.490 e. The van der Waals surface area contributed by atoms with Gasteiger partial charge in [0.1, 0.15) is 0 Å². The van der Waals surface area contributed by atoms with E-state index in [0.717, 1.165) is 40.9 Å². The first kappa shape index (κ1) is 30.9. The highest BCUT2D eigenvalue weighted by Crippen LogP contribution is 2.54. The van der Waals surface area contributed by atoms with Crippen molar-refractivity contribution in [3.05, 3.63) is 75.6 Å². The lowest BCUT2D eigenvalue weighted by Gasteiger charge is -2.48. The highest BCUT2D eigenvalue weighted by Gasteiger charge is 2.48. The summed E-state index contributed by atoms with van der Waals surface area (Å²) < 4.78 is 11.9. The smallest absolute Gasteiger partial charge is 0.262 e. The van der Waals surface area contributed by atoms with Crippen LogP contribution in [0.5, 0.6) is 11.5 Å². The third-order valence-electron chi connectivity index (χ3n) is 8.43. The van der Waals surface area contributed by atoms with Gasteiger partial charge in [0.05, 0.1) is 6.61 Å². The molecule has 0 saturated carbocycles. The number of benzene rings is 2. The Balaban J connectivity index is 1.52. The molecule has 2 aromatic rings. The summed E-state index contributed by atoms with van der Waals surface area (Å²) in [5.74, 6) is 0.275. The summed E-state index contributed by atoms with van der Waals surface area (Å²) in [4.78, 5) is 42.6. The minimum Gasteiger partial charge on any atom is -0.490 e. The van der Waals surface area contributed by atoms with E-state index in [4.69, 9.17) is 21.1 Å². The van der Waals surface area contributed by atoms with Crippen LogP contribution in [0.1, 0.15) is 78.7 Å². The molecule has 0 saturated heterocycles. The van der Waals surface area contributed by atoms with Gasteiger partial charge in [-0.2, -0.15) is 0 Å². The van der Waals surface area contributed by atoms with Crippen molar-refractivity contribution in [3.63, 3.8) is 0 Å². The predicted molar refractivity (Wildman–Crippen MR) is 168 cm³/mol. The van der Waals surface area contributed by atoms with Crippen molar-refractivity contribution in [2.24, 2.45) is 10.8 Å². The van der Waals surface area contributed by atoms with Crippen molar-refractivity contribution < 1.29 is 23.9 Å². The van der Waals surface area contributed by atoms with Gasteiger partial charge in [0, 0.05) is 58.6 Å². The Bertz CT molecular complexity index is 1470. The number of ketones is 2. The molecule has 1 amide bonds. The van der Waals surface area contributed by atoms with Gasteiger partial charge in [-0.15, -0.1) is 0 Å². The van der Waals surface area contributed by atoms with Gasteiger partial charge in [-0.1, -0.05) is 45.4 Å². The van der Waals surface area contributed by atoms with E-state index in [-0.39, 0.29) is 34.9 Å². The van der Waals surface area contributed by atoms with Crippen LogP contribution in [0.25, 0.3) is 0 Å². The van der Waals surface area contributed by atoms with Gasteiger partial charge < -0.3 is 19.7 Å². The summed E-state index contributed by atoms with van der Waals surface area (Å²) in [6.07, 6.45) is 2.41. The second-order valence-corrected chi connectivity index (χ2v) is 13.7. The topological polar surface area (TPSA) is 84.9 Å². The number of allylic oxidation sites excluding steroid dienone is 4. The minimum atomic E-state index is -0.471. The molecule has 1 N–H and O–H groups in total. The molecule has 228 valence electrons.